The van der Waals surface area contributed by atoms with E-state index in [0.29, 0.717) is 12.0 Å². The predicted octanol–water partition coefficient (Wildman–Crippen LogP) is 1.46. The van der Waals surface area contributed by atoms with Crippen molar-refractivity contribution in [2.45, 2.75) is 25.3 Å². The van der Waals surface area contributed by atoms with Crippen LogP contribution in [0.4, 0.5) is 11.6 Å². The molecule has 2 atom stereocenters. The molecule has 2 saturated heterocycles. The Kier molecular flexibility index (Phi) is 5.10. The zero-order chi connectivity index (χ0) is 15.4. The van der Waals surface area contributed by atoms with E-state index in [4.69, 9.17) is 4.74 Å². The number of hydrogen-bond acceptors (Lipinski definition) is 6. The minimum atomic E-state index is 0.481. The third-order valence-electron chi connectivity index (χ3n) is 4.51. The minimum absolute atomic E-state index is 0.481. The number of anilines is 2. The molecule has 6 heteroatoms. The van der Waals surface area contributed by atoms with Gasteiger partial charge in [0.1, 0.15) is 18.0 Å². The van der Waals surface area contributed by atoms with Crippen molar-refractivity contribution in [3.8, 4) is 0 Å². The standard InChI is InChI=1S/C16H27N5O/c1-20(2)16-8-15(17-12-18-16)19-14-5-6-21(10-14)9-13-4-3-7-22-11-13/h8,12-14H,3-7,9-11H2,1-2H3,(H,17,18,19). The summed E-state index contributed by atoms with van der Waals surface area (Å²) in [4.78, 5) is 13.2. The van der Waals surface area contributed by atoms with Crippen LogP contribution in [-0.2, 0) is 4.74 Å². The number of aromatic nitrogens is 2. The van der Waals surface area contributed by atoms with Gasteiger partial charge < -0.3 is 19.9 Å². The number of likely N-dealkylation sites (tertiary alicyclic amines) is 1. The molecule has 3 heterocycles. The lowest BCUT2D eigenvalue weighted by Gasteiger charge is -2.27. The maximum absolute atomic E-state index is 5.59. The monoisotopic (exact) mass is 305 g/mol. The summed E-state index contributed by atoms with van der Waals surface area (Å²) in [5, 5.41) is 3.55. The SMILES string of the molecule is CN(C)c1cc(NC2CCN(CC3CCCOC3)C2)ncn1. The van der Waals surface area contributed by atoms with Crippen LogP contribution in [-0.4, -0.2) is 67.9 Å². The van der Waals surface area contributed by atoms with E-state index in [1.165, 1.54) is 32.4 Å². The summed E-state index contributed by atoms with van der Waals surface area (Å²) >= 11 is 0. The molecular formula is C16H27N5O. The molecule has 0 bridgehead atoms. The Labute approximate surface area is 132 Å². The minimum Gasteiger partial charge on any atom is -0.381 e. The van der Waals surface area contributed by atoms with Crippen molar-refractivity contribution in [3.05, 3.63) is 12.4 Å². The van der Waals surface area contributed by atoms with E-state index < -0.39 is 0 Å². The van der Waals surface area contributed by atoms with Gasteiger partial charge in [-0.25, -0.2) is 9.97 Å². The summed E-state index contributed by atoms with van der Waals surface area (Å²) in [6, 6.07) is 2.49. The topological polar surface area (TPSA) is 53.5 Å². The highest BCUT2D eigenvalue weighted by Crippen LogP contribution is 2.20. The highest BCUT2D eigenvalue weighted by Gasteiger charge is 2.25. The van der Waals surface area contributed by atoms with Gasteiger partial charge in [-0.2, -0.15) is 0 Å². The van der Waals surface area contributed by atoms with Crippen molar-refractivity contribution in [1.82, 2.24) is 14.9 Å². The average molecular weight is 305 g/mol. The Balaban J connectivity index is 1.49. The van der Waals surface area contributed by atoms with Crippen LogP contribution >= 0.6 is 0 Å². The second-order valence-corrected chi connectivity index (χ2v) is 6.63. The molecule has 122 valence electrons. The summed E-state index contributed by atoms with van der Waals surface area (Å²) in [5.74, 6) is 2.57. The molecule has 0 spiro atoms. The first-order valence-corrected chi connectivity index (χ1v) is 8.26. The van der Waals surface area contributed by atoms with Crippen molar-refractivity contribution in [2.75, 3.05) is 57.2 Å². The van der Waals surface area contributed by atoms with Gasteiger partial charge in [-0.05, 0) is 25.2 Å². The first-order valence-electron chi connectivity index (χ1n) is 8.26. The zero-order valence-corrected chi connectivity index (χ0v) is 13.7. The quantitative estimate of drug-likeness (QED) is 0.889. The Bertz CT molecular complexity index is 475. The van der Waals surface area contributed by atoms with E-state index in [2.05, 4.69) is 20.2 Å². The molecule has 6 nitrogen and oxygen atoms in total. The lowest BCUT2D eigenvalue weighted by atomic mass is 10.0. The number of nitrogens with one attached hydrogen (secondary N) is 1. The molecule has 0 amide bonds. The van der Waals surface area contributed by atoms with Gasteiger partial charge in [0.25, 0.3) is 0 Å². The molecule has 22 heavy (non-hydrogen) atoms. The van der Waals surface area contributed by atoms with Crippen molar-refractivity contribution in [2.24, 2.45) is 5.92 Å². The van der Waals surface area contributed by atoms with E-state index in [9.17, 15) is 0 Å². The van der Waals surface area contributed by atoms with Crippen LogP contribution in [0.25, 0.3) is 0 Å². The number of rotatable bonds is 5. The van der Waals surface area contributed by atoms with E-state index in [1.54, 1.807) is 6.33 Å². The maximum atomic E-state index is 5.59. The van der Waals surface area contributed by atoms with Gasteiger partial charge in [0.2, 0.25) is 0 Å². The van der Waals surface area contributed by atoms with E-state index in [1.807, 2.05) is 25.1 Å². The van der Waals surface area contributed by atoms with Crippen molar-refractivity contribution < 1.29 is 4.74 Å². The van der Waals surface area contributed by atoms with Crippen molar-refractivity contribution in [1.29, 1.82) is 0 Å². The van der Waals surface area contributed by atoms with Crippen LogP contribution in [0, 0.1) is 5.92 Å². The first-order chi connectivity index (χ1) is 10.7. The molecule has 2 unspecified atom stereocenters. The second-order valence-electron chi connectivity index (χ2n) is 6.63. The highest BCUT2D eigenvalue weighted by molar-refractivity contribution is 5.47. The summed E-state index contributed by atoms with van der Waals surface area (Å²) in [6.07, 6.45) is 5.33. The molecule has 1 N–H and O–H groups in total. The van der Waals surface area contributed by atoms with Crippen LogP contribution in [0.15, 0.2) is 12.4 Å². The van der Waals surface area contributed by atoms with Crippen molar-refractivity contribution in [3.63, 3.8) is 0 Å². The normalized spacial score (nSPS) is 26.1. The fraction of sp³-hybridized carbons (Fsp3) is 0.750. The maximum Gasteiger partial charge on any atom is 0.133 e. The molecule has 0 aromatic carbocycles. The van der Waals surface area contributed by atoms with E-state index in [-0.39, 0.29) is 0 Å². The summed E-state index contributed by atoms with van der Waals surface area (Å²) in [6.45, 7) is 5.32. The van der Waals surface area contributed by atoms with Crippen LogP contribution in [0.5, 0.6) is 0 Å². The summed E-state index contributed by atoms with van der Waals surface area (Å²) in [7, 11) is 3.99. The second kappa shape index (κ2) is 7.24. The third-order valence-corrected chi connectivity index (χ3v) is 4.51. The summed E-state index contributed by atoms with van der Waals surface area (Å²) < 4.78 is 5.59. The molecule has 1 aromatic rings. The Hall–Kier alpha value is -1.40. The number of hydrogen-bond donors (Lipinski definition) is 1. The highest BCUT2D eigenvalue weighted by atomic mass is 16.5. The van der Waals surface area contributed by atoms with Crippen LogP contribution in [0.2, 0.25) is 0 Å². The molecule has 3 rings (SSSR count). The first kappa shape index (κ1) is 15.5. The Morgan fingerprint density at radius 3 is 3.05 bits per heavy atom. The zero-order valence-electron chi connectivity index (χ0n) is 13.7. The van der Waals surface area contributed by atoms with Gasteiger partial charge in [0, 0.05) is 52.4 Å². The lowest BCUT2D eigenvalue weighted by molar-refractivity contribution is 0.0417. The average Bonchev–Trinajstić information content (AvgIpc) is 2.95. The van der Waals surface area contributed by atoms with Gasteiger partial charge in [-0.15, -0.1) is 0 Å². The number of nitrogens with zero attached hydrogens (tertiary/aromatic N) is 4. The van der Waals surface area contributed by atoms with Gasteiger partial charge in [0.15, 0.2) is 0 Å². The smallest absolute Gasteiger partial charge is 0.133 e. The third kappa shape index (κ3) is 4.08. The molecule has 2 aliphatic heterocycles. The molecule has 0 aliphatic carbocycles. The van der Waals surface area contributed by atoms with Gasteiger partial charge in [0.05, 0.1) is 6.61 Å². The molecule has 2 aliphatic rings. The van der Waals surface area contributed by atoms with Crippen molar-refractivity contribution >= 4 is 11.6 Å². The van der Waals surface area contributed by atoms with E-state index in [0.717, 1.165) is 31.4 Å². The van der Waals surface area contributed by atoms with Gasteiger partial charge >= 0.3 is 0 Å². The number of ether oxygens (including phenoxy) is 1. The molecule has 0 radical (unpaired) electrons. The molecule has 2 fully saturated rings. The Morgan fingerprint density at radius 1 is 1.36 bits per heavy atom. The van der Waals surface area contributed by atoms with E-state index >= 15 is 0 Å². The fourth-order valence-electron chi connectivity index (χ4n) is 3.31. The predicted molar refractivity (Wildman–Crippen MR) is 88.4 cm³/mol. The van der Waals surface area contributed by atoms with Crippen LogP contribution in [0.3, 0.4) is 0 Å². The lowest BCUT2D eigenvalue weighted by Crippen LogP contribution is -2.33. The van der Waals surface area contributed by atoms with Crippen LogP contribution in [0.1, 0.15) is 19.3 Å². The molecule has 0 saturated carbocycles. The van der Waals surface area contributed by atoms with Gasteiger partial charge in [-0.1, -0.05) is 0 Å². The molecular weight excluding hydrogens is 278 g/mol. The largest absolute Gasteiger partial charge is 0.381 e. The Morgan fingerprint density at radius 2 is 2.27 bits per heavy atom. The fourth-order valence-corrected chi connectivity index (χ4v) is 3.31. The van der Waals surface area contributed by atoms with Gasteiger partial charge in [-0.3, -0.25) is 0 Å². The molecule has 1 aromatic heterocycles. The van der Waals surface area contributed by atoms with Crippen LogP contribution < -0.4 is 10.2 Å². The summed E-state index contributed by atoms with van der Waals surface area (Å²) in [5.41, 5.74) is 0.